The lowest BCUT2D eigenvalue weighted by atomic mass is 10.1. The van der Waals surface area contributed by atoms with Gasteiger partial charge in [0.05, 0.1) is 10.6 Å². The van der Waals surface area contributed by atoms with Crippen molar-refractivity contribution in [1.82, 2.24) is 10.3 Å². The number of halogens is 1. The van der Waals surface area contributed by atoms with Crippen LogP contribution < -0.4 is 16.0 Å². The van der Waals surface area contributed by atoms with Gasteiger partial charge in [0.2, 0.25) is 5.91 Å². The van der Waals surface area contributed by atoms with Crippen LogP contribution in [0.25, 0.3) is 16.6 Å². The molecule has 3 amide bonds. The summed E-state index contributed by atoms with van der Waals surface area (Å²) in [7, 11) is 0. The minimum absolute atomic E-state index is 0.127. The summed E-state index contributed by atoms with van der Waals surface area (Å²) in [6.45, 7) is 0. The van der Waals surface area contributed by atoms with Crippen LogP contribution in [0.4, 0.5) is 15.2 Å². The van der Waals surface area contributed by atoms with Gasteiger partial charge in [-0.25, -0.2) is 9.37 Å². The summed E-state index contributed by atoms with van der Waals surface area (Å²) >= 11 is 4.32. The predicted molar refractivity (Wildman–Crippen MR) is 192 cm³/mol. The van der Waals surface area contributed by atoms with Gasteiger partial charge in [-0.3, -0.25) is 14.4 Å². The fourth-order valence-electron chi connectivity index (χ4n) is 4.58. The molecule has 48 heavy (non-hydrogen) atoms. The zero-order chi connectivity index (χ0) is 33.3. The van der Waals surface area contributed by atoms with Gasteiger partial charge >= 0.3 is 0 Å². The molecular formula is C37H27FN4O3S3. The quantitative estimate of drug-likeness (QED) is 0.0932. The largest absolute Gasteiger partial charge is 0.321 e. The van der Waals surface area contributed by atoms with E-state index in [1.54, 1.807) is 78.1 Å². The third-order valence-electron chi connectivity index (χ3n) is 6.95. The Morgan fingerprint density at radius 3 is 2.19 bits per heavy atom. The molecule has 2 heterocycles. The molecular weight excluding hydrogens is 664 g/mol. The van der Waals surface area contributed by atoms with Crippen LogP contribution in [0, 0.1) is 5.82 Å². The van der Waals surface area contributed by atoms with Crippen LogP contribution in [0.2, 0.25) is 0 Å². The molecule has 0 aliphatic heterocycles. The van der Waals surface area contributed by atoms with E-state index in [0.29, 0.717) is 16.4 Å². The van der Waals surface area contributed by atoms with Crippen LogP contribution in [-0.4, -0.2) is 22.7 Å². The van der Waals surface area contributed by atoms with Crippen LogP contribution in [0.15, 0.2) is 143 Å². The zero-order valence-electron chi connectivity index (χ0n) is 25.1. The molecule has 11 heteroatoms. The van der Waals surface area contributed by atoms with E-state index >= 15 is 0 Å². The maximum absolute atomic E-state index is 14.5. The van der Waals surface area contributed by atoms with E-state index in [2.05, 4.69) is 20.9 Å². The topological polar surface area (TPSA) is 100 Å². The summed E-state index contributed by atoms with van der Waals surface area (Å²) in [6.07, 6.45) is 1.30. The first kappa shape index (κ1) is 32.6. The Labute approximate surface area is 288 Å². The van der Waals surface area contributed by atoms with Crippen molar-refractivity contribution >= 4 is 69.1 Å². The van der Waals surface area contributed by atoms with Crippen LogP contribution in [-0.2, 0) is 9.59 Å². The first-order valence-corrected chi connectivity index (χ1v) is 17.3. The number of thiophene rings is 1. The maximum atomic E-state index is 14.5. The predicted octanol–water partition coefficient (Wildman–Crippen LogP) is 8.89. The number of nitrogens with zero attached hydrogens (tertiary/aromatic N) is 1. The smallest absolute Gasteiger partial charge is 0.272 e. The van der Waals surface area contributed by atoms with Gasteiger partial charge in [0.15, 0.2) is 5.13 Å². The van der Waals surface area contributed by atoms with E-state index in [1.165, 1.54) is 41.3 Å². The minimum atomic E-state index is -0.630. The van der Waals surface area contributed by atoms with Crippen LogP contribution >= 0.6 is 34.4 Å². The number of benzene rings is 4. The minimum Gasteiger partial charge on any atom is -0.321 e. The Kier molecular flexibility index (Phi) is 10.5. The van der Waals surface area contributed by atoms with Crippen molar-refractivity contribution in [1.29, 1.82) is 0 Å². The van der Waals surface area contributed by atoms with Gasteiger partial charge in [-0.2, -0.15) is 0 Å². The molecule has 4 aromatic carbocycles. The van der Waals surface area contributed by atoms with E-state index in [-0.39, 0.29) is 17.2 Å². The number of thiazole rings is 1. The second-order valence-electron chi connectivity index (χ2n) is 10.3. The van der Waals surface area contributed by atoms with Gasteiger partial charge < -0.3 is 16.0 Å². The molecule has 0 spiro atoms. The number of rotatable bonds is 11. The number of amides is 3. The Balaban J connectivity index is 1.17. The molecule has 0 bridgehead atoms. The maximum Gasteiger partial charge on any atom is 0.272 e. The van der Waals surface area contributed by atoms with Gasteiger partial charge in [-0.15, -0.1) is 34.4 Å². The third kappa shape index (κ3) is 8.31. The number of hydrogen-bond donors (Lipinski definition) is 3. The molecule has 0 fully saturated rings. The summed E-state index contributed by atoms with van der Waals surface area (Å²) in [5.41, 5.74) is 2.46. The number of anilines is 2. The molecule has 0 saturated carbocycles. The number of carbonyl (C=O) groups excluding carboxylic acids is 3. The number of aromatic nitrogens is 1. The Bertz CT molecular complexity index is 2050. The summed E-state index contributed by atoms with van der Waals surface area (Å²) in [5, 5.41) is 12.2. The molecule has 2 aromatic heterocycles. The Hall–Kier alpha value is -5.36. The molecule has 6 rings (SSSR count). The zero-order valence-corrected chi connectivity index (χ0v) is 27.6. The van der Waals surface area contributed by atoms with Crippen molar-refractivity contribution < 1.29 is 18.8 Å². The van der Waals surface area contributed by atoms with E-state index < -0.39 is 22.9 Å². The molecule has 1 atom stereocenters. The second-order valence-corrected chi connectivity index (χ2v) is 13.3. The molecule has 6 aromatic rings. The highest BCUT2D eigenvalue weighted by atomic mass is 32.2. The van der Waals surface area contributed by atoms with Gasteiger partial charge in [0, 0.05) is 27.1 Å². The first-order chi connectivity index (χ1) is 23.4. The van der Waals surface area contributed by atoms with Crippen molar-refractivity contribution in [2.45, 2.75) is 10.1 Å². The van der Waals surface area contributed by atoms with Crippen molar-refractivity contribution in [3.63, 3.8) is 0 Å². The SMILES string of the molecule is O=C(Nc1ccc(SC(C(=O)Nc2nc(-c3cccs3)cs2)c2ccccc2)cc1)/C(=C/c1ccccc1F)NC(=O)c1ccccc1. The monoisotopic (exact) mass is 690 g/mol. The van der Waals surface area contributed by atoms with E-state index in [0.717, 1.165) is 21.0 Å². The van der Waals surface area contributed by atoms with Crippen molar-refractivity contribution in [3.05, 3.63) is 160 Å². The van der Waals surface area contributed by atoms with Crippen LogP contribution in [0.1, 0.15) is 26.7 Å². The highest BCUT2D eigenvalue weighted by molar-refractivity contribution is 8.00. The second kappa shape index (κ2) is 15.5. The van der Waals surface area contributed by atoms with Gasteiger partial charge in [-0.1, -0.05) is 72.8 Å². The summed E-state index contributed by atoms with van der Waals surface area (Å²) in [5.74, 6) is -1.89. The highest BCUT2D eigenvalue weighted by Crippen LogP contribution is 2.37. The summed E-state index contributed by atoms with van der Waals surface area (Å²) in [6, 6.07) is 34.8. The third-order valence-corrected chi connectivity index (χ3v) is 9.86. The van der Waals surface area contributed by atoms with Crippen molar-refractivity contribution in [2.24, 2.45) is 0 Å². The van der Waals surface area contributed by atoms with Crippen LogP contribution in [0.5, 0.6) is 0 Å². The number of nitrogens with one attached hydrogen (secondary N) is 3. The lowest BCUT2D eigenvalue weighted by Crippen LogP contribution is -2.30. The van der Waals surface area contributed by atoms with Crippen LogP contribution in [0.3, 0.4) is 0 Å². The molecule has 0 aliphatic rings. The number of carbonyl (C=O) groups is 3. The molecule has 0 radical (unpaired) electrons. The molecule has 238 valence electrons. The summed E-state index contributed by atoms with van der Waals surface area (Å²) in [4.78, 5) is 46.3. The number of hydrogen-bond acceptors (Lipinski definition) is 7. The fourth-order valence-corrected chi connectivity index (χ4v) is 7.08. The molecule has 0 saturated heterocycles. The van der Waals surface area contributed by atoms with Gasteiger partial charge in [0.1, 0.15) is 16.8 Å². The van der Waals surface area contributed by atoms with Crippen molar-refractivity contribution in [3.8, 4) is 10.6 Å². The molecule has 1 unspecified atom stereocenters. The van der Waals surface area contributed by atoms with E-state index in [1.807, 2.05) is 53.2 Å². The highest BCUT2D eigenvalue weighted by Gasteiger charge is 2.24. The lowest BCUT2D eigenvalue weighted by Gasteiger charge is -2.17. The Morgan fingerprint density at radius 2 is 1.48 bits per heavy atom. The fraction of sp³-hybridized carbons (Fsp3) is 0.0270. The van der Waals surface area contributed by atoms with Crippen molar-refractivity contribution in [2.75, 3.05) is 10.6 Å². The first-order valence-electron chi connectivity index (χ1n) is 14.7. The standard InChI is InChI=1S/C37H27FN4O3S3/c38-29-15-8-7-14-26(29)22-30(40-34(43)25-12-5-2-6-13-25)35(44)39-27-17-19-28(20-18-27)48-33(24-10-3-1-4-11-24)36(45)42-37-41-31(23-47-37)32-16-9-21-46-32/h1-23,33H,(H,39,44)(H,40,43)(H,41,42,45)/b30-22-. The Morgan fingerprint density at radius 1 is 0.771 bits per heavy atom. The average molecular weight is 691 g/mol. The number of thioether (sulfide) groups is 1. The normalized spacial score (nSPS) is 11.8. The molecule has 7 nitrogen and oxygen atoms in total. The molecule has 0 aliphatic carbocycles. The average Bonchev–Trinajstić information content (AvgIpc) is 3.82. The molecule has 3 N–H and O–H groups in total. The summed E-state index contributed by atoms with van der Waals surface area (Å²) < 4.78 is 14.5. The van der Waals surface area contributed by atoms with E-state index in [9.17, 15) is 18.8 Å². The lowest BCUT2D eigenvalue weighted by molar-refractivity contribution is -0.116. The van der Waals surface area contributed by atoms with Gasteiger partial charge in [-0.05, 0) is 65.6 Å². The van der Waals surface area contributed by atoms with Gasteiger partial charge in [0.25, 0.3) is 11.8 Å². The van der Waals surface area contributed by atoms with E-state index in [4.69, 9.17) is 0 Å².